The Morgan fingerprint density at radius 2 is 1.85 bits per heavy atom. The largest absolute Gasteiger partial charge is 0.493 e. The third-order valence-corrected chi connectivity index (χ3v) is 8.27. The first-order chi connectivity index (χ1) is 16.0. The lowest BCUT2D eigenvalue weighted by molar-refractivity contribution is -0.143. The van der Waals surface area contributed by atoms with Crippen molar-refractivity contribution >= 4 is 64.2 Å². The number of esters is 1. The molecule has 1 aliphatic heterocycles. The van der Waals surface area contributed by atoms with E-state index in [2.05, 4.69) is 37.9 Å². The molecule has 1 fully saturated rings. The van der Waals surface area contributed by atoms with E-state index in [0.717, 1.165) is 0 Å². The monoisotopic (exact) mass is 602 g/mol. The number of benzene rings is 2. The van der Waals surface area contributed by atoms with Crippen molar-refractivity contribution in [3.8, 4) is 17.2 Å². The second-order valence-electron chi connectivity index (χ2n) is 6.62. The Labute approximate surface area is 214 Å². The van der Waals surface area contributed by atoms with Gasteiger partial charge >= 0.3 is 5.97 Å². The quantitative estimate of drug-likeness (QED) is 0.190. The van der Waals surface area contributed by atoms with Gasteiger partial charge < -0.3 is 18.9 Å². The van der Waals surface area contributed by atoms with Crippen LogP contribution in [0.25, 0.3) is 0 Å². The van der Waals surface area contributed by atoms with E-state index in [-0.39, 0.29) is 19.1 Å². The summed E-state index contributed by atoms with van der Waals surface area (Å²) in [4.78, 5) is 23.4. The maximum absolute atomic E-state index is 12.1. The van der Waals surface area contributed by atoms with Gasteiger partial charge in [0, 0.05) is 11.5 Å². The van der Waals surface area contributed by atoms with Crippen LogP contribution in [0, 0.1) is 3.57 Å². The van der Waals surface area contributed by atoms with Gasteiger partial charge in [0.05, 0.1) is 28.6 Å². The van der Waals surface area contributed by atoms with E-state index in [1.807, 2.05) is 47.8 Å². The zero-order valence-corrected chi connectivity index (χ0v) is 21.8. The van der Waals surface area contributed by atoms with Crippen LogP contribution in [0.2, 0.25) is 0 Å². The number of amides is 1. The van der Waals surface area contributed by atoms with Gasteiger partial charge in [-0.15, -0.1) is 23.5 Å². The molecule has 0 unspecified atom stereocenters. The van der Waals surface area contributed by atoms with Gasteiger partial charge in [-0.2, -0.15) is 5.10 Å². The highest BCUT2D eigenvalue weighted by molar-refractivity contribution is 14.1. The smallest absolute Gasteiger partial charge is 0.343 e. The fraction of sp³-hybridized carbons (Fsp3) is 0.318. The molecule has 11 heteroatoms. The van der Waals surface area contributed by atoms with Crippen LogP contribution in [0.1, 0.15) is 15.7 Å². The highest BCUT2D eigenvalue weighted by Crippen LogP contribution is 2.45. The van der Waals surface area contributed by atoms with Crippen LogP contribution >= 0.6 is 46.1 Å². The summed E-state index contributed by atoms with van der Waals surface area (Å²) in [7, 11) is 2.78. The number of thioether (sulfide) groups is 2. The minimum absolute atomic E-state index is 0.148. The van der Waals surface area contributed by atoms with E-state index in [4.69, 9.17) is 14.2 Å². The number of hydrogen-bond acceptors (Lipinski definition) is 9. The predicted molar refractivity (Wildman–Crippen MR) is 139 cm³/mol. The Hall–Kier alpha value is -2.12. The van der Waals surface area contributed by atoms with Crippen molar-refractivity contribution in [2.45, 2.75) is 4.58 Å². The first-order valence-corrected chi connectivity index (χ1v) is 13.0. The zero-order valence-electron chi connectivity index (χ0n) is 18.0. The van der Waals surface area contributed by atoms with Crippen LogP contribution in [0.3, 0.4) is 0 Å². The fourth-order valence-corrected chi connectivity index (χ4v) is 6.42. The molecule has 176 valence electrons. The number of rotatable bonds is 10. The Morgan fingerprint density at radius 3 is 2.52 bits per heavy atom. The highest BCUT2D eigenvalue weighted by atomic mass is 127. The lowest BCUT2D eigenvalue weighted by atomic mass is 10.2. The summed E-state index contributed by atoms with van der Waals surface area (Å²) in [5.74, 6) is 2.96. The number of hydrazone groups is 1. The van der Waals surface area contributed by atoms with E-state index in [0.29, 0.717) is 31.0 Å². The molecule has 1 heterocycles. The maximum Gasteiger partial charge on any atom is 0.343 e. The molecule has 0 spiro atoms. The molecule has 3 rings (SSSR count). The molecule has 0 radical (unpaired) electrons. The van der Waals surface area contributed by atoms with Crippen molar-refractivity contribution in [3.05, 3.63) is 51.1 Å². The van der Waals surface area contributed by atoms with Crippen molar-refractivity contribution in [1.29, 1.82) is 0 Å². The average Bonchev–Trinajstić information content (AvgIpc) is 3.37. The Bertz CT molecular complexity index is 997. The minimum atomic E-state index is -0.494. The van der Waals surface area contributed by atoms with E-state index < -0.39 is 5.97 Å². The summed E-state index contributed by atoms with van der Waals surface area (Å²) in [5, 5.41) is 3.97. The number of nitrogens with one attached hydrogen (secondary N) is 1. The number of hydrogen-bond donors (Lipinski definition) is 1. The molecule has 0 aliphatic carbocycles. The van der Waals surface area contributed by atoms with Crippen molar-refractivity contribution in [2.24, 2.45) is 5.10 Å². The Morgan fingerprint density at radius 1 is 1.12 bits per heavy atom. The summed E-state index contributed by atoms with van der Waals surface area (Å²) >= 11 is 5.95. The molecule has 0 atom stereocenters. The summed E-state index contributed by atoms with van der Waals surface area (Å²) < 4.78 is 22.1. The first-order valence-electron chi connectivity index (χ1n) is 9.85. The normalized spacial score (nSPS) is 13.7. The molecule has 2 aromatic rings. The molecule has 1 amide bonds. The number of carbonyl (C=O) groups excluding carboxylic acids is 2. The van der Waals surface area contributed by atoms with Gasteiger partial charge in [0.2, 0.25) is 0 Å². The van der Waals surface area contributed by atoms with Crippen LogP contribution in [-0.2, 0) is 14.3 Å². The van der Waals surface area contributed by atoms with Crippen molar-refractivity contribution < 1.29 is 28.5 Å². The summed E-state index contributed by atoms with van der Waals surface area (Å²) in [6, 6.07) is 11.3. The zero-order chi connectivity index (χ0) is 23.6. The number of carbonyl (C=O) groups is 2. The number of ether oxygens (including phenoxy) is 4. The molecule has 1 N–H and O–H groups in total. The van der Waals surface area contributed by atoms with Crippen LogP contribution < -0.4 is 19.6 Å². The summed E-state index contributed by atoms with van der Waals surface area (Å²) in [6.07, 6.45) is 1.48. The highest BCUT2D eigenvalue weighted by Gasteiger charge is 2.18. The Kier molecular flexibility index (Phi) is 10.0. The lowest BCUT2D eigenvalue weighted by Crippen LogP contribution is -2.24. The molecule has 2 aromatic carbocycles. The van der Waals surface area contributed by atoms with Crippen LogP contribution in [0.15, 0.2) is 41.5 Å². The number of methoxy groups -OCH3 is 2. The third-order valence-electron chi connectivity index (χ3n) is 4.36. The molecule has 8 nitrogen and oxygen atoms in total. The van der Waals surface area contributed by atoms with Crippen molar-refractivity contribution in [1.82, 2.24) is 5.43 Å². The predicted octanol–water partition coefficient (Wildman–Crippen LogP) is 3.86. The lowest BCUT2D eigenvalue weighted by Gasteiger charge is -2.12. The molecular weight excluding hydrogens is 579 g/mol. The maximum atomic E-state index is 12.1. The second kappa shape index (κ2) is 12.9. The summed E-state index contributed by atoms with van der Waals surface area (Å²) in [6.45, 7) is -0.377. The van der Waals surface area contributed by atoms with Gasteiger partial charge in [0.15, 0.2) is 24.7 Å². The second-order valence-corrected chi connectivity index (χ2v) is 10.5. The van der Waals surface area contributed by atoms with Crippen LogP contribution in [0.5, 0.6) is 17.2 Å². The van der Waals surface area contributed by atoms with Gasteiger partial charge in [-0.25, -0.2) is 10.2 Å². The molecular formula is C22H23IN2O6S2. The van der Waals surface area contributed by atoms with Gasteiger partial charge in [0.1, 0.15) is 5.75 Å². The van der Waals surface area contributed by atoms with Crippen molar-refractivity contribution in [3.63, 3.8) is 0 Å². The van der Waals surface area contributed by atoms with Crippen LogP contribution in [-0.4, -0.2) is 57.0 Å². The van der Waals surface area contributed by atoms with Crippen molar-refractivity contribution in [2.75, 3.05) is 38.9 Å². The molecule has 0 aromatic heterocycles. The Balaban J connectivity index is 1.50. The number of halogens is 1. The first kappa shape index (κ1) is 25.5. The summed E-state index contributed by atoms with van der Waals surface area (Å²) in [5.41, 5.74) is 4.38. The molecule has 0 saturated carbocycles. The van der Waals surface area contributed by atoms with Gasteiger partial charge in [-0.05, 0) is 58.0 Å². The van der Waals surface area contributed by atoms with Crippen LogP contribution in [0.4, 0.5) is 0 Å². The molecule has 1 saturated heterocycles. The standard InChI is InChI=1S/C22H23IN2O6S2/c1-28-18-10-14(9-17(23)21(18)31-13-20(27)29-2)11-24-25-19(26)12-30-16-5-3-15(4-6-16)22-32-7-8-33-22/h3-6,9-11,22H,7-8,12-13H2,1-2H3,(H,25,26)/b24-11-. The van der Waals surface area contributed by atoms with Gasteiger partial charge in [0.25, 0.3) is 5.91 Å². The van der Waals surface area contributed by atoms with E-state index >= 15 is 0 Å². The van der Waals surface area contributed by atoms with Gasteiger partial charge in [-0.1, -0.05) is 12.1 Å². The molecule has 0 bridgehead atoms. The van der Waals surface area contributed by atoms with Gasteiger partial charge in [-0.3, -0.25) is 4.79 Å². The third kappa shape index (κ3) is 7.71. The number of nitrogens with zero attached hydrogens (tertiary/aromatic N) is 1. The van der Waals surface area contributed by atoms with E-state index in [1.54, 1.807) is 12.1 Å². The SMILES string of the molecule is COC(=O)COc1c(I)cc(/C=N\NC(=O)COc2ccc(C3SCCS3)cc2)cc1OC. The minimum Gasteiger partial charge on any atom is -0.493 e. The topological polar surface area (TPSA) is 95.5 Å². The molecule has 33 heavy (non-hydrogen) atoms. The van der Waals surface area contributed by atoms with E-state index in [9.17, 15) is 9.59 Å². The average molecular weight is 602 g/mol. The molecule has 1 aliphatic rings. The van der Waals surface area contributed by atoms with E-state index in [1.165, 1.54) is 37.5 Å². The fourth-order valence-electron chi connectivity index (χ4n) is 2.78.